The zero-order chi connectivity index (χ0) is 14.0. The average Bonchev–Trinajstić information content (AvgIpc) is 2.37. The third-order valence-corrected chi connectivity index (χ3v) is 4.09. The summed E-state index contributed by atoms with van der Waals surface area (Å²) in [5.74, 6) is -0.197. The van der Waals surface area contributed by atoms with Crippen molar-refractivity contribution in [2.75, 3.05) is 11.1 Å². The number of anilines is 2. The van der Waals surface area contributed by atoms with E-state index < -0.39 is 0 Å². The van der Waals surface area contributed by atoms with Crippen molar-refractivity contribution in [1.29, 1.82) is 0 Å². The molecule has 2 aromatic rings. The Balaban J connectivity index is 2.26. The first-order valence-corrected chi connectivity index (χ1v) is 6.77. The number of nitrogens with one attached hydrogen (secondary N) is 1. The summed E-state index contributed by atoms with van der Waals surface area (Å²) >= 11 is 9.25. The van der Waals surface area contributed by atoms with E-state index in [2.05, 4.69) is 21.2 Å². The van der Waals surface area contributed by atoms with Crippen molar-refractivity contribution in [2.45, 2.75) is 6.92 Å². The minimum atomic E-state index is -0.197. The van der Waals surface area contributed by atoms with Gasteiger partial charge in [0, 0.05) is 10.2 Å². The molecule has 0 spiro atoms. The maximum Gasteiger partial charge on any atom is 0.256 e. The van der Waals surface area contributed by atoms with Gasteiger partial charge in [0.2, 0.25) is 0 Å². The van der Waals surface area contributed by atoms with Crippen molar-refractivity contribution in [1.82, 2.24) is 0 Å². The summed E-state index contributed by atoms with van der Waals surface area (Å²) in [5, 5.41) is 3.25. The molecule has 0 radical (unpaired) electrons. The first-order chi connectivity index (χ1) is 8.99. The maximum atomic E-state index is 12.2. The van der Waals surface area contributed by atoms with Gasteiger partial charge in [-0.2, -0.15) is 0 Å². The highest BCUT2D eigenvalue weighted by Crippen LogP contribution is 2.25. The van der Waals surface area contributed by atoms with Crippen molar-refractivity contribution < 1.29 is 4.79 Å². The van der Waals surface area contributed by atoms with Crippen molar-refractivity contribution in [3.8, 4) is 0 Å². The van der Waals surface area contributed by atoms with Gasteiger partial charge in [0.15, 0.2) is 0 Å². The zero-order valence-corrected chi connectivity index (χ0v) is 12.5. The molecule has 19 heavy (non-hydrogen) atoms. The van der Waals surface area contributed by atoms with Crippen molar-refractivity contribution in [3.63, 3.8) is 0 Å². The SMILES string of the molecule is Cc1cccc(C(=O)Nc2ccc(Cl)c(N)c2)c1Br. The second-order valence-corrected chi connectivity index (χ2v) is 5.33. The van der Waals surface area contributed by atoms with Crippen molar-refractivity contribution in [3.05, 3.63) is 57.0 Å². The van der Waals surface area contributed by atoms with E-state index in [1.807, 2.05) is 19.1 Å². The van der Waals surface area contributed by atoms with E-state index in [1.54, 1.807) is 24.3 Å². The third-order valence-electron chi connectivity index (χ3n) is 2.69. The second-order valence-electron chi connectivity index (χ2n) is 4.13. The number of nitrogens with two attached hydrogens (primary N) is 1. The van der Waals surface area contributed by atoms with E-state index in [0.717, 1.165) is 10.0 Å². The lowest BCUT2D eigenvalue weighted by atomic mass is 10.1. The molecular formula is C14H12BrClN2O. The molecule has 0 bridgehead atoms. The van der Waals surface area contributed by atoms with Gasteiger partial charge >= 0.3 is 0 Å². The van der Waals surface area contributed by atoms with Gasteiger partial charge in [-0.25, -0.2) is 0 Å². The standard InChI is InChI=1S/C14H12BrClN2O/c1-8-3-2-4-10(13(8)15)14(19)18-9-5-6-11(16)12(17)7-9/h2-7H,17H2,1H3,(H,18,19). The van der Waals surface area contributed by atoms with Crippen molar-refractivity contribution in [2.24, 2.45) is 0 Å². The van der Waals surface area contributed by atoms with Gasteiger partial charge in [-0.05, 0) is 52.7 Å². The first-order valence-electron chi connectivity index (χ1n) is 5.60. The fraction of sp³-hybridized carbons (Fsp3) is 0.0714. The molecule has 0 aliphatic heterocycles. The number of amides is 1. The van der Waals surface area contributed by atoms with Crippen LogP contribution in [0.2, 0.25) is 5.02 Å². The summed E-state index contributed by atoms with van der Waals surface area (Å²) in [4.78, 5) is 12.2. The number of hydrogen-bond donors (Lipinski definition) is 2. The first kappa shape index (κ1) is 13.9. The molecule has 3 N–H and O–H groups in total. The van der Waals surface area contributed by atoms with Crippen molar-refractivity contribution >= 4 is 44.8 Å². The fourth-order valence-corrected chi connectivity index (χ4v) is 2.20. The Morgan fingerprint density at radius 1 is 1.32 bits per heavy atom. The van der Waals surface area contributed by atoms with E-state index in [4.69, 9.17) is 17.3 Å². The summed E-state index contributed by atoms with van der Waals surface area (Å²) in [6, 6.07) is 10.5. The average molecular weight is 340 g/mol. The molecule has 0 aromatic heterocycles. The fourth-order valence-electron chi connectivity index (χ4n) is 1.64. The number of hydrogen-bond acceptors (Lipinski definition) is 2. The highest BCUT2D eigenvalue weighted by atomic mass is 79.9. The highest BCUT2D eigenvalue weighted by Gasteiger charge is 2.11. The van der Waals surface area contributed by atoms with Gasteiger partial charge < -0.3 is 11.1 Å². The van der Waals surface area contributed by atoms with E-state index in [9.17, 15) is 4.79 Å². The van der Waals surface area contributed by atoms with Gasteiger partial charge in [-0.3, -0.25) is 4.79 Å². The summed E-state index contributed by atoms with van der Waals surface area (Å²) in [5.41, 5.74) is 8.32. The quantitative estimate of drug-likeness (QED) is 0.804. The second kappa shape index (κ2) is 5.63. The number of carbonyl (C=O) groups is 1. The van der Waals surface area contributed by atoms with Gasteiger partial charge in [0.1, 0.15) is 0 Å². The predicted molar refractivity (Wildman–Crippen MR) is 82.7 cm³/mol. The normalized spacial score (nSPS) is 10.3. The monoisotopic (exact) mass is 338 g/mol. The molecule has 0 aliphatic carbocycles. The highest BCUT2D eigenvalue weighted by molar-refractivity contribution is 9.10. The Labute approximate surface area is 124 Å². The lowest BCUT2D eigenvalue weighted by Gasteiger charge is -2.09. The maximum absolute atomic E-state index is 12.2. The summed E-state index contributed by atoms with van der Waals surface area (Å²) in [6.45, 7) is 1.93. The van der Waals surface area contributed by atoms with Crippen LogP contribution in [0.4, 0.5) is 11.4 Å². The van der Waals surface area contributed by atoms with Gasteiger partial charge in [-0.15, -0.1) is 0 Å². The van der Waals surface area contributed by atoms with Gasteiger partial charge in [0.05, 0.1) is 16.3 Å². The third kappa shape index (κ3) is 3.08. The van der Waals surface area contributed by atoms with Crippen LogP contribution in [0.25, 0.3) is 0 Å². The minimum Gasteiger partial charge on any atom is -0.397 e. The summed E-state index contributed by atoms with van der Waals surface area (Å²) < 4.78 is 0.787. The van der Waals surface area contributed by atoms with Crippen LogP contribution in [0, 0.1) is 6.92 Å². The Bertz CT molecular complexity index is 643. The molecule has 3 nitrogen and oxygen atoms in total. The largest absolute Gasteiger partial charge is 0.397 e. The topological polar surface area (TPSA) is 55.1 Å². The zero-order valence-electron chi connectivity index (χ0n) is 10.2. The lowest BCUT2D eigenvalue weighted by molar-refractivity contribution is 0.102. The molecule has 2 rings (SSSR count). The van der Waals surface area contributed by atoms with Gasteiger partial charge in [-0.1, -0.05) is 23.7 Å². The Morgan fingerprint density at radius 3 is 2.74 bits per heavy atom. The molecule has 2 aromatic carbocycles. The van der Waals surface area contributed by atoms with E-state index in [-0.39, 0.29) is 5.91 Å². The Morgan fingerprint density at radius 2 is 2.05 bits per heavy atom. The van der Waals surface area contributed by atoms with Crippen LogP contribution < -0.4 is 11.1 Å². The molecular weight excluding hydrogens is 328 g/mol. The van der Waals surface area contributed by atoms with E-state index in [0.29, 0.717) is 22.0 Å². The molecule has 5 heteroatoms. The smallest absolute Gasteiger partial charge is 0.256 e. The minimum absolute atomic E-state index is 0.197. The van der Waals surface area contributed by atoms with Gasteiger partial charge in [0.25, 0.3) is 5.91 Å². The number of aryl methyl sites for hydroxylation is 1. The molecule has 0 aliphatic rings. The molecule has 0 fully saturated rings. The molecule has 0 unspecified atom stereocenters. The lowest BCUT2D eigenvalue weighted by Crippen LogP contribution is -2.13. The van der Waals surface area contributed by atoms with E-state index >= 15 is 0 Å². The van der Waals surface area contributed by atoms with Crippen LogP contribution in [0.5, 0.6) is 0 Å². The summed E-state index contributed by atoms with van der Waals surface area (Å²) in [6.07, 6.45) is 0. The number of benzene rings is 2. The number of nitrogen functional groups attached to an aromatic ring is 1. The molecule has 98 valence electrons. The Hall–Kier alpha value is -1.52. The predicted octanol–water partition coefficient (Wildman–Crippen LogP) is 4.25. The van der Waals surface area contributed by atoms with Crippen LogP contribution in [0.15, 0.2) is 40.9 Å². The molecule has 0 atom stereocenters. The molecule has 1 amide bonds. The number of halogens is 2. The number of rotatable bonds is 2. The van der Waals surface area contributed by atoms with Crippen LogP contribution in [0.1, 0.15) is 15.9 Å². The van der Waals surface area contributed by atoms with Crippen LogP contribution in [-0.2, 0) is 0 Å². The summed E-state index contributed by atoms with van der Waals surface area (Å²) in [7, 11) is 0. The van der Waals surface area contributed by atoms with Crippen LogP contribution in [0.3, 0.4) is 0 Å². The van der Waals surface area contributed by atoms with E-state index in [1.165, 1.54) is 0 Å². The molecule has 0 saturated heterocycles. The van der Waals surface area contributed by atoms with Crippen LogP contribution in [-0.4, -0.2) is 5.91 Å². The Kier molecular flexibility index (Phi) is 4.12. The molecule has 0 heterocycles. The molecule has 0 saturated carbocycles. The number of carbonyl (C=O) groups excluding carboxylic acids is 1. The van der Waals surface area contributed by atoms with Crippen LogP contribution >= 0.6 is 27.5 Å².